The number of phenolic OH excluding ortho intramolecular Hbond substituents is 1. The molecule has 0 aliphatic heterocycles. The maximum atomic E-state index is 12.5. The predicted molar refractivity (Wildman–Crippen MR) is 116 cm³/mol. The fourth-order valence-corrected chi connectivity index (χ4v) is 4.05. The van der Waals surface area contributed by atoms with Crippen LogP contribution in [-0.2, 0) is 4.74 Å². The van der Waals surface area contributed by atoms with E-state index < -0.39 is 6.09 Å². The van der Waals surface area contributed by atoms with Crippen molar-refractivity contribution in [3.05, 3.63) is 82.9 Å². The van der Waals surface area contributed by atoms with Crippen LogP contribution in [0.4, 0.5) is 10.5 Å². The third-order valence-electron chi connectivity index (χ3n) is 5.58. The summed E-state index contributed by atoms with van der Waals surface area (Å²) >= 11 is 0. The molecule has 0 aromatic heterocycles. The van der Waals surface area contributed by atoms with Gasteiger partial charge in [-0.05, 0) is 58.4 Å². The summed E-state index contributed by atoms with van der Waals surface area (Å²) in [6.07, 6.45) is -0.490. The molecule has 0 saturated carbocycles. The number of aryl methyl sites for hydroxylation is 1. The number of amides is 1. The van der Waals surface area contributed by atoms with Gasteiger partial charge >= 0.3 is 6.09 Å². The normalized spacial score (nSPS) is 12.6. The topological polar surface area (TPSA) is 58.6 Å². The first-order chi connectivity index (χ1) is 14.0. The zero-order valence-electron chi connectivity index (χ0n) is 16.9. The number of nitrogens with one attached hydrogen (secondary N) is 1. The molecule has 0 saturated heterocycles. The molecule has 29 heavy (non-hydrogen) atoms. The van der Waals surface area contributed by atoms with Crippen molar-refractivity contribution in [2.45, 2.75) is 32.6 Å². The molecule has 0 unspecified atom stereocenters. The molecule has 4 rings (SSSR count). The summed E-state index contributed by atoms with van der Waals surface area (Å²) in [7, 11) is 0. The van der Waals surface area contributed by atoms with E-state index in [4.69, 9.17) is 4.74 Å². The Labute approximate surface area is 171 Å². The maximum Gasteiger partial charge on any atom is 0.411 e. The van der Waals surface area contributed by atoms with E-state index >= 15 is 0 Å². The molecule has 4 nitrogen and oxygen atoms in total. The van der Waals surface area contributed by atoms with Crippen LogP contribution in [-0.4, -0.2) is 17.8 Å². The zero-order valence-corrected chi connectivity index (χ0v) is 16.9. The number of benzene rings is 3. The van der Waals surface area contributed by atoms with Crippen LogP contribution in [0.15, 0.2) is 60.7 Å². The third kappa shape index (κ3) is 3.58. The van der Waals surface area contributed by atoms with Crippen LogP contribution in [0.3, 0.4) is 0 Å². The molecule has 0 radical (unpaired) electrons. The number of ether oxygens (including phenoxy) is 1. The Bertz CT molecular complexity index is 1030. The van der Waals surface area contributed by atoms with Crippen molar-refractivity contribution in [2.24, 2.45) is 0 Å². The predicted octanol–water partition coefficient (Wildman–Crippen LogP) is 6.19. The average molecular weight is 387 g/mol. The van der Waals surface area contributed by atoms with Gasteiger partial charge in [-0.2, -0.15) is 0 Å². The van der Waals surface area contributed by atoms with Crippen molar-refractivity contribution < 1.29 is 14.6 Å². The Hall–Kier alpha value is -3.27. The second kappa shape index (κ2) is 7.63. The van der Waals surface area contributed by atoms with Crippen LogP contribution in [0.1, 0.15) is 47.9 Å². The lowest BCUT2D eigenvalue weighted by Crippen LogP contribution is -2.18. The number of fused-ring (bicyclic) bond motifs is 3. The Morgan fingerprint density at radius 2 is 1.62 bits per heavy atom. The molecular formula is C25H25NO3. The van der Waals surface area contributed by atoms with Gasteiger partial charge in [-0.1, -0.05) is 62.4 Å². The summed E-state index contributed by atoms with van der Waals surface area (Å²) in [6, 6.07) is 20.0. The van der Waals surface area contributed by atoms with E-state index in [0.717, 1.165) is 11.1 Å². The lowest BCUT2D eigenvalue weighted by Gasteiger charge is -2.17. The Morgan fingerprint density at radius 1 is 1.03 bits per heavy atom. The molecule has 148 valence electrons. The lowest BCUT2D eigenvalue weighted by atomic mass is 9.98. The molecule has 0 spiro atoms. The van der Waals surface area contributed by atoms with E-state index in [1.807, 2.05) is 51.1 Å². The van der Waals surface area contributed by atoms with Crippen LogP contribution < -0.4 is 5.32 Å². The molecule has 1 aliphatic carbocycles. The van der Waals surface area contributed by atoms with Crippen LogP contribution in [0.25, 0.3) is 11.1 Å². The molecule has 3 aromatic rings. The number of carbonyl (C=O) groups excluding carboxylic acids is 1. The molecule has 0 atom stereocenters. The van der Waals surface area contributed by atoms with Gasteiger partial charge in [-0.3, -0.25) is 5.32 Å². The highest BCUT2D eigenvalue weighted by atomic mass is 16.5. The van der Waals surface area contributed by atoms with Gasteiger partial charge in [-0.25, -0.2) is 4.79 Å². The van der Waals surface area contributed by atoms with Gasteiger partial charge in [-0.15, -0.1) is 0 Å². The monoisotopic (exact) mass is 387 g/mol. The zero-order chi connectivity index (χ0) is 20.5. The molecule has 0 bridgehead atoms. The van der Waals surface area contributed by atoms with Crippen LogP contribution in [0.2, 0.25) is 0 Å². The minimum atomic E-state index is -0.490. The highest BCUT2D eigenvalue weighted by Crippen LogP contribution is 2.44. The van der Waals surface area contributed by atoms with Crippen LogP contribution >= 0.6 is 0 Å². The molecule has 1 aliphatic rings. The van der Waals surface area contributed by atoms with Gasteiger partial charge in [0.1, 0.15) is 12.4 Å². The van der Waals surface area contributed by atoms with Gasteiger partial charge < -0.3 is 9.84 Å². The highest BCUT2D eigenvalue weighted by Gasteiger charge is 2.29. The quantitative estimate of drug-likeness (QED) is 0.525. The van der Waals surface area contributed by atoms with E-state index in [-0.39, 0.29) is 24.2 Å². The van der Waals surface area contributed by atoms with Crippen molar-refractivity contribution in [1.29, 1.82) is 0 Å². The fourth-order valence-electron chi connectivity index (χ4n) is 4.05. The number of hydrogen-bond acceptors (Lipinski definition) is 3. The number of phenols is 1. The minimum Gasteiger partial charge on any atom is -0.508 e. The maximum absolute atomic E-state index is 12.5. The smallest absolute Gasteiger partial charge is 0.411 e. The van der Waals surface area contributed by atoms with Crippen LogP contribution in [0.5, 0.6) is 5.75 Å². The fraction of sp³-hybridized carbons (Fsp3) is 0.240. The van der Waals surface area contributed by atoms with Crippen LogP contribution in [0, 0.1) is 6.92 Å². The third-order valence-corrected chi connectivity index (χ3v) is 5.58. The number of aromatic hydroxyl groups is 1. The molecule has 1 amide bonds. The second-order valence-corrected chi connectivity index (χ2v) is 7.83. The Balaban J connectivity index is 1.51. The summed E-state index contributed by atoms with van der Waals surface area (Å²) in [5.74, 6) is 0.425. The molecule has 2 N–H and O–H groups in total. The summed E-state index contributed by atoms with van der Waals surface area (Å²) < 4.78 is 5.62. The molecule has 4 heteroatoms. The van der Waals surface area contributed by atoms with E-state index in [1.54, 1.807) is 6.07 Å². The summed E-state index contributed by atoms with van der Waals surface area (Å²) in [5, 5.41) is 12.9. The van der Waals surface area contributed by atoms with Crippen molar-refractivity contribution in [1.82, 2.24) is 0 Å². The number of hydrogen-bond donors (Lipinski definition) is 2. The largest absolute Gasteiger partial charge is 0.508 e. The van der Waals surface area contributed by atoms with Gasteiger partial charge in [0.05, 0.1) is 0 Å². The van der Waals surface area contributed by atoms with E-state index in [9.17, 15) is 9.90 Å². The minimum absolute atomic E-state index is 0.0280. The molecule has 0 heterocycles. The van der Waals surface area contributed by atoms with Gasteiger partial charge in [0.15, 0.2) is 0 Å². The first-order valence-corrected chi connectivity index (χ1v) is 9.91. The van der Waals surface area contributed by atoms with Crippen molar-refractivity contribution >= 4 is 11.8 Å². The summed E-state index contributed by atoms with van der Waals surface area (Å²) in [5.41, 5.74) is 7.02. The molecule has 3 aromatic carbocycles. The second-order valence-electron chi connectivity index (χ2n) is 7.83. The van der Waals surface area contributed by atoms with E-state index in [0.29, 0.717) is 5.69 Å². The standard InChI is InChI=1S/C25H25NO3/c1-15(2)21-13-23(16(3)12-24(21)27)26-25(28)29-14-22-19-10-6-4-8-17(19)18-9-5-7-11-20(18)22/h4-13,15,22,27H,14H2,1-3H3,(H,26,28). The number of rotatable bonds is 4. The molecule has 0 fully saturated rings. The average Bonchev–Trinajstić information content (AvgIpc) is 3.02. The van der Waals surface area contributed by atoms with Crippen molar-refractivity contribution in [3.8, 4) is 16.9 Å². The van der Waals surface area contributed by atoms with Crippen molar-refractivity contribution in [2.75, 3.05) is 11.9 Å². The van der Waals surface area contributed by atoms with E-state index in [2.05, 4.69) is 29.6 Å². The number of carbonyl (C=O) groups is 1. The Kier molecular flexibility index (Phi) is 5.01. The SMILES string of the molecule is Cc1cc(O)c(C(C)C)cc1NC(=O)OCC1c2ccccc2-c2ccccc21. The Morgan fingerprint density at radius 3 is 2.21 bits per heavy atom. The van der Waals surface area contributed by atoms with Gasteiger partial charge in [0, 0.05) is 11.6 Å². The summed E-state index contributed by atoms with van der Waals surface area (Å²) in [4.78, 5) is 12.5. The van der Waals surface area contributed by atoms with E-state index in [1.165, 1.54) is 22.3 Å². The van der Waals surface area contributed by atoms with Gasteiger partial charge in [0.2, 0.25) is 0 Å². The van der Waals surface area contributed by atoms with Crippen molar-refractivity contribution in [3.63, 3.8) is 0 Å². The lowest BCUT2D eigenvalue weighted by molar-refractivity contribution is 0.158. The first-order valence-electron chi connectivity index (χ1n) is 9.91. The number of anilines is 1. The first kappa shape index (κ1) is 19.1. The van der Waals surface area contributed by atoms with Gasteiger partial charge in [0.25, 0.3) is 0 Å². The summed E-state index contributed by atoms with van der Waals surface area (Å²) in [6.45, 7) is 6.12. The molecular weight excluding hydrogens is 362 g/mol. The highest BCUT2D eigenvalue weighted by molar-refractivity contribution is 5.86.